The van der Waals surface area contributed by atoms with E-state index in [1.165, 1.54) is 12.1 Å². The largest absolute Gasteiger partial charge is 0.207 e. The predicted molar refractivity (Wildman–Crippen MR) is 66.6 cm³/mol. The van der Waals surface area contributed by atoms with E-state index in [1.807, 2.05) is 13.0 Å². The minimum atomic E-state index is -0.281. The van der Waals surface area contributed by atoms with Crippen molar-refractivity contribution in [2.45, 2.75) is 6.92 Å². The van der Waals surface area contributed by atoms with Crippen LogP contribution in [0.25, 0.3) is 11.1 Å². The second-order valence-electron chi connectivity index (χ2n) is 3.56. The molecular weight excluding hydrogens is 246 g/mol. The Morgan fingerprint density at radius 3 is 2.50 bits per heavy atom. The van der Waals surface area contributed by atoms with Crippen LogP contribution in [0.4, 0.5) is 4.39 Å². The number of hydrogen-bond donors (Lipinski definition) is 0. The van der Waals surface area contributed by atoms with Crippen LogP contribution >= 0.6 is 23.2 Å². The molecule has 0 nitrogen and oxygen atoms in total. The lowest BCUT2D eigenvalue weighted by atomic mass is 10.0. The van der Waals surface area contributed by atoms with E-state index in [0.29, 0.717) is 10.0 Å². The van der Waals surface area contributed by atoms with Crippen LogP contribution in [-0.4, -0.2) is 0 Å². The van der Waals surface area contributed by atoms with Gasteiger partial charge in [-0.1, -0.05) is 41.4 Å². The predicted octanol–water partition coefficient (Wildman–Crippen LogP) is 5.11. The van der Waals surface area contributed by atoms with Gasteiger partial charge in [0, 0.05) is 5.56 Å². The van der Waals surface area contributed by atoms with E-state index in [0.717, 1.165) is 16.7 Å². The molecule has 0 unspecified atom stereocenters. The lowest BCUT2D eigenvalue weighted by molar-refractivity contribution is 0.628. The zero-order valence-electron chi connectivity index (χ0n) is 8.60. The topological polar surface area (TPSA) is 0 Å². The molecule has 2 rings (SSSR count). The summed E-state index contributed by atoms with van der Waals surface area (Å²) < 4.78 is 13.2. The first kappa shape index (κ1) is 11.4. The van der Waals surface area contributed by atoms with Crippen LogP contribution in [0.3, 0.4) is 0 Å². The summed E-state index contributed by atoms with van der Waals surface area (Å²) >= 11 is 12.0. The van der Waals surface area contributed by atoms with Crippen molar-refractivity contribution in [2.75, 3.05) is 0 Å². The molecule has 0 saturated carbocycles. The maximum Gasteiger partial charge on any atom is 0.123 e. The fourth-order valence-electron chi connectivity index (χ4n) is 1.60. The number of hydrogen-bond acceptors (Lipinski definition) is 0. The molecule has 0 spiro atoms. The van der Waals surface area contributed by atoms with Crippen LogP contribution in [-0.2, 0) is 0 Å². The van der Waals surface area contributed by atoms with E-state index in [2.05, 4.69) is 0 Å². The number of aryl methyl sites for hydroxylation is 1. The molecule has 3 heteroatoms. The van der Waals surface area contributed by atoms with Crippen molar-refractivity contribution in [1.29, 1.82) is 0 Å². The maximum absolute atomic E-state index is 13.2. The van der Waals surface area contributed by atoms with Gasteiger partial charge in [0.25, 0.3) is 0 Å². The summed E-state index contributed by atoms with van der Waals surface area (Å²) in [5.41, 5.74) is 2.49. The Labute approximate surface area is 104 Å². The van der Waals surface area contributed by atoms with Crippen LogP contribution in [0.5, 0.6) is 0 Å². The van der Waals surface area contributed by atoms with E-state index < -0.39 is 0 Å². The highest BCUT2D eigenvalue weighted by molar-refractivity contribution is 6.43. The third-order valence-corrected chi connectivity index (χ3v) is 3.26. The fraction of sp³-hybridized carbons (Fsp3) is 0.0769. The summed E-state index contributed by atoms with van der Waals surface area (Å²) in [6, 6.07) is 9.96. The van der Waals surface area contributed by atoms with Gasteiger partial charge in [0.05, 0.1) is 10.0 Å². The molecule has 0 aliphatic heterocycles. The van der Waals surface area contributed by atoms with E-state index in [4.69, 9.17) is 23.2 Å². The Bertz CT molecular complexity index is 535. The SMILES string of the molecule is Cc1ccc(F)cc1-c1cccc(Cl)c1Cl. The van der Waals surface area contributed by atoms with Gasteiger partial charge in [0.15, 0.2) is 0 Å². The molecule has 0 aromatic heterocycles. The highest BCUT2D eigenvalue weighted by Crippen LogP contribution is 2.35. The third-order valence-electron chi connectivity index (χ3n) is 2.44. The second-order valence-corrected chi connectivity index (χ2v) is 4.35. The van der Waals surface area contributed by atoms with Gasteiger partial charge in [-0.25, -0.2) is 4.39 Å². The molecule has 0 radical (unpaired) electrons. The van der Waals surface area contributed by atoms with Crippen molar-refractivity contribution >= 4 is 23.2 Å². The molecule has 0 atom stereocenters. The van der Waals surface area contributed by atoms with Crippen LogP contribution in [0.15, 0.2) is 36.4 Å². The summed E-state index contributed by atoms with van der Waals surface area (Å²) in [7, 11) is 0. The zero-order chi connectivity index (χ0) is 11.7. The summed E-state index contributed by atoms with van der Waals surface area (Å²) in [6.07, 6.45) is 0. The minimum absolute atomic E-state index is 0.281. The van der Waals surface area contributed by atoms with Crippen molar-refractivity contribution < 1.29 is 4.39 Å². The van der Waals surface area contributed by atoms with Crippen molar-refractivity contribution in [3.8, 4) is 11.1 Å². The maximum atomic E-state index is 13.2. The van der Waals surface area contributed by atoms with Crippen LogP contribution < -0.4 is 0 Å². The van der Waals surface area contributed by atoms with Crippen LogP contribution in [0.2, 0.25) is 10.0 Å². The molecule has 0 fully saturated rings. The Hall–Kier alpha value is -1.05. The van der Waals surface area contributed by atoms with E-state index >= 15 is 0 Å². The molecule has 0 aliphatic carbocycles. The van der Waals surface area contributed by atoms with Gasteiger partial charge in [-0.2, -0.15) is 0 Å². The normalized spacial score (nSPS) is 10.5. The summed E-state index contributed by atoms with van der Waals surface area (Å²) in [5.74, 6) is -0.281. The lowest BCUT2D eigenvalue weighted by Gasteiger charge is -2.09. The molecule has 0 saturated heterocycles. The van der Waals surface area contributed by atoms with Gasteiger partial charge < -0.3 is 0 Å². The van der Waals surface area contributed by atoms with E-state index in [-0.39, 0.29) is 5.82 Å². The molecule has 2 aromatic carbocycles. The molecular formula is C13H9Cl2F. The van der Waals surface area contributed by atoms with E-state index in [1.54, 1.807) is 18.2 Å². The molecule has 16 heavy (non-hydrogen) atoms. The summed E-state index contributed by atoms with van der Waals surface area (Å²) in [5, 5.41) is 0.931. The molecule has 0 N–H and O–H groups in total. The smallest absolute Gasteiger partial charge is 0.123 e. The second kappa shape index (κ2) is 4.44. The van der Waals surface area contributed by atoms with Gasteiger partial charge in [-0.15, -0.1) is 0 Å². The average molecular weight is 255 g/mol. The molecule has 0 aliphatic rings. The first-order valence-corrected chi connectivity index (χ1v) is 5.55. The monoisotopic (exact) mass is 254 g/mol. The molecule has 0 heterocycles. The van der Waals surface area contributed by atoms with Gasteiger partial charge in [-0.3, -0.25) is 0 Å². The number of rotatable bonds is 1. The standard InChI is InChI=1S/C13H9Cl2F/c1-8-5-6-9(16)7-11(8)10-3-2-4-12(14)13(10)15/h2-7H,1H3. The van der Waals surface area contributed by atoms with Gasteiger partial charge in [0.1, 0.15) is 5.82 Å². The Morgan fingerprint density at radius 2 is 1.75 bits per heavy atom. The van der Waals surface area contributed by atoms with Crippen molar-refractivity contribution in [1.82, 2.24) is 0 Å². The molecule has 0 amide bonds. The molecule has 82 valence electrons. The highest BCUT2D eigenvalue weighted by Gasteiger charge is 2.09. The highest BCUT2D eigenvalue weighted by atomic mass is 35.5. The van der Waals surface area contributed by atoms with Gasteiger partial charge >= 0.3 is 0 Å². The van der Waals surface area contributed by atoms with E-state index in [9.17, 15) is 4.39 Å². The first-order valence-electron chi connectivity index (χ1n) is 4.80. The molecule has 2 aromatic rings. The van der Waals surface area contributed by atoms with Crippen molar-refractivity contribution in [3.63, 3.8) is 0 Å². The third kappa shape index (κ3) is 2.06. The Morgan fingerprint density at radius 1 is 1.00 bits per heavy atom. The fourth-order valence-corrected chi connectivity index (χ4v) is 2.00. The first-order chi connectivity index (χ1) is 7.59. The van der Waals surface area contributed by atoms with Gasteiger partial charge in [0.2, 0.25) is 0 Å². The van der Waals surface area contributed by atoms with Gasteiger partial charge in [-0.05, 0) is 36.2 Å². The van der Waals surface area contributed by atoms with Crippen LogP contribution in [0.1, 0.15) is 5.56 Å². The number of halogens is 3. The zero-order valence-corrected chi connectivity index (χ0v) is 10.1. The Balaban J connectivity index is 2.67. The minimum Gasteiger partial charge on any atom is -0.207 e. The molecule has 0 bridgehead atoms. The summed E-state index contributed by atoms with van der Waals surface area (Å²) in [4.78, 5) is 0. The van der Waals surface area contributed by atoms with Crippen molar-refractivity contribution in [2.24, 2.45) is 0 Å². The number of benzene rings is 2. The van der Waals surface area contributed by atoms with Crippen LogP contribution in [0, 0.1) is 12.7 Å². The average Bonchev–Trinajstić information content (AvgIpc) is 2.26. The van der Waals surface area contributed by atoms with Crippen molar-refractivity contribution in [3.05, 3.63) is 57.8 Å². The summed E-state index contributed by atoms with van der Waals surface area (Å²) in [6.45, 7) is 1.91. The quantitative estimate of drug-likeness (QED) is 0.664. The Kier molecular flexibility index (Phi) is 3.17. The lowest BCUT2D eigenvalue weighted by Crippen LogP contribution is -1.86.